The lowest BCUT2D eigenvalue weighted by Crippen LogP contribution is -2.27. The molecule has 4 rings (SSSR count). The standard InChI is InChI=1S/C24H21ClN4O6/c1-32-16-7-4-14(5-8-16)23-27-24(35-28-23)15-6-9-22(31)29(12-15)13-21(30)26-18-10-17(25)19(33-2)11-20(18)34-3/h4-12H,13H2,1-3H3,(H,26,30). The number of halogens is 1. The number of nitrogens with zero attached hydrogens (tertiary/aromatic N) is 3. The molecule has 1 amide bonds. The molecule has 2 heterocycles. The van der Waals surface area contributed by atoms with Crippen molar-refractivity contribution in [3.05, 3.63) is 70.1 Å². The molecule has 0 radical (unpaired) electrons. The highest BCUT2D eigenvalue weighted by Crippen LogP contribution is 2.35. The minimum atomic E-state index is -0.465. The summed E-state index contributed by atoms with van der Waals surface area (Å²) in [6.07, 6.45) is 1.48. The molecule has 0 saturated heterocycles. The molecule has 0 unspecified atom stereocenters. The van der Waals surface area contributed by atoms with E-state index in [-0.39, 0.29) is 18.0 Å². The molecule has 0 aliphatic heterocycles. The zero-order valence-corrected chi connectivity index (χ0v) is 19.8. The quantitative estimate of drug-likeness (QED) is 0.390. The number of hydrogen-bond acceptors (Lipinski definition) is 8. The van der Waals surface area contributed by atoms with Crippen LogP contribution in [-0.4, -0.2) is 41.9 Å². The molecule has 2 aromatic heterocycles. The highest BCUT2D eigenvalue weighted by atomic mass is 35.5. The predicted octanol–water partition coefficient (Wildman–Crippen LogP) is 3.88. The van der Waals surface area contributed by atoms with Crippen LogP contribution < -0.4 is 25.1 Å². The van der Waals surface area contributed by atoms with E-state index in [1.807, 2.05) is 0 Å². The van der Waals surface area contributed by atoms with Gasteiger partial charge in [0.2, 0.25) is 11.7 Å². The van der Waals surface area contributed by atoms with E-state index in [1.165, 1.54) is 37.1 Å². The van der Waals surface area contributed by atoms with Crippen LogP contribution in [-0.2, 0) is 11.3 Å². The van der Waals surface area contributed by atoms with Gasteiger partial charge in [0, 0.05) is 23.9 Å². The van der Waals surface area contributed by atoms with Gasteiger partial charge in [-0.05, 0) is 36.4 Å². The highest BCUT2D eigenvalue weighted by molar-refractivity contribution is 6.32. The molecule has 11 heteroatoms. The maximum absolute atomic E-state index is 12.7. The normalized spacial score (nSPS) is 10.6. The lowest BCUT2D eigenvalue weighted by molar-refractivity contribution is -0.116. The Morgan fingerprint density at radius 2 is 1.71 bits per heavy atom. The molecule has 180 valence electrons. The summed E-state index contributed by atoms with van der Waals surface area (Å²) in [6.45, 7) is -0.265. The van der Waals surface area contributed by atoms with Crippen LogP contribution in [0, 0.1) is 0 Å². The highest BCUT2D eigenvalue weighted by Gasteiger charge is 2.15. The number of rotatable bonds is 8. The number of methoxy groups -OCH3 is 3. The second-order valence-electron chi connectivity index (χ2n) is 7.27. The van der Waals surface area contributed by atoms with Crippen LogP contribution in [0.15, 0.2) is 64.0 Å². The fraction of sp³-hybridized carbons (Fsp3) is 0.167. The van der Waals surface area contributed by atoms with Gasteiger partial charge in [0.05, 0.1) is 37.6 Å². The van der Waals surface area contributed by atoms with Gasteiger partial charge in [-0.15, -0.1) is 0 Å². The first kappa shape index (κ1) is 23.8. The van der Waals surface area contributed by atoms with Crippen molar-refractivity contribution in [3.63, 3.8) is 0 Å². The number of hydrogen-bond donors (Lipinski definition) is 1. The molecule has 0 fully saturated rings. The summed E-state index contributed by atoms with van der Waals surface area (Å²) in [5, 5.41) is 6.99. The fourth-order valence-electron chi connectivity index (χ4n) is 3.28. The third kappa shape index (κ3) is 5.28. The number of anilines is 1. The molecule has 0 saturated carbocycles. The third-order valence-electron chi connectivity index (χ3n) is 5.07. The molecule has 0 aliphatic rings. The molecule has 0 spiro atoms. The van der Waals surface area contributed by atoms with Gasteiger partial charge < -0.3 is 28.6 Å². The fourth-order valence-corrected chi connectivity index (χ4v) is 3.52. The summed E-state index contributed by atoms with van der Waals surface area (Å²) < 4.78 is 22.2. The van der Waals surface area contributed by atoms with Crippen molar-refractivity contribution >= 4 is 23.2 Å². The van der Waals surface area contributed by atoms with Crippen LogP contribution in [0.25, 0.3) is 22.8 Å². The van der Waals surface area contributed by atoms with Crippen molar-refractivity contribution in [2.24, 2.45) is 0 Å². The number of benzene rings is 2. The van der Waals surface area contributed by atoms with Crippen LogP contribution in [0.2, 0.25) is 5.02 Å². The van der Waals surface area contributed by atoms with E-state index in [9.17, 15) is 9.59 Å². The van der Waals surface area contributed by atoms with Crippen LogP contribution in [0.3, 0.4) is 0 Å². The smallest absolute Gasteiger partial charge is 0.259 e. The minimum Gasteiger partial charge on any atom is -0.497 e. The Labute approximate surface area is 205 Å². The SMILES string of the molecule is COc1ccc(-c2noc(-c3ccc(=O)n(CC(=O)Nc4cc(Cl)c(OC)cc4OC)c3)n2)cc1. The first-order valence-electron chi connectivity index (χ1n) is 10.3. The third-order valence-corrected chi connectivity index (χ3v) is 5.36. The molecule has 0 aliphatic carbocycles. The van der Waals surface area contributed by atoms with Gasteiger partial charge in [-0.2, -0.15) is 4.98 Å². The van der Waals surface area contributed by atoms with E-state index >= 15 is 0 Å². The van der Waals surface area contributed by atoms with Gasteiger partial charge in [0.15, 0.2) is 0 Å². The van der Waals surface area contributed by atoms with Gasteiger partial charge in [-0.1, -0.05) is 16.8 Å². The molecule has 4 aromatic rings. The molecule has 1 N–H and O–H groups in total. The first-order valence-corrected chi connectivity index (χ1v) is 10.7. The number of amides is 1. The summed E-state index contributed by atoms with van der Waals surface area (Å²) in [4.78, 5) is 29.5. The second kappa shape index (κ2) is 10.3. The molecule has 2 aromatic carbocycles. The maximum Gasteiger partial charge on any atom is 0.259 e. The number of nitrogens with one attached hydrogen (secondary N) is 1. The first-order chi connectivity index (χ1) is 16.9. The number of carbonyl (C=O) groups is 1. The molecule has 0 bridgehead atoms. The summed E-state index contributed by atoms with van der Waals surface area (Å²) >= 11 is 6.16. The van der Waals surface area contributed by atoms with Gasteiger partial charge >= 0.3 is 0 Å². The summed E-state index contributed by atoms with van der Waals surface area (Å²) in [6, 6.07) is 13.1. The Morgan fingerprint density at radius 1 is 1.00 bits per heavy atom. The molecular weight excluding hydrogens is 476 g/mol. The topological polar surface area (TPSA) is 118 Å². The van der Waals surface area contributed by atoms with Gasteiger partial charge in [-0.25, -0.2) is 0 Å². The zero-order chi connectivity index (χ0) is 24.9. The summed E-state index contributed by atoms with van der Waals surface area (Å²) in [5.74, 6) is 1.58. The number of aromatic nitrogens is 3. The largest absolute Gasteiger partial charge is 0.497 e. The minimum absolute atomic E-state index is 0.202. The average Bonchev–Trinajstić information content (AvgIpc) is 3.36. The van der Waals surface area contributed by atoms with Crippen LogP contribution >= 0.6 is 11.6 Å². The Bertz CT molecular complexity index is 1410. The number of carbonyl (C=O) groups excluding carboxylic acids is 1. The summed E-state index contributed by atoms with van der Waals surface area (Å²) in [5.41, 5.74) is 1.18. The van der Waals surface area contributed by atoms with E-state index in [4.69, 9.17) is 30.3 Å². The van der Waals surface area contributed by atoms with Gasteiger partial charge in [0.1, 0.15) is 23.8 Å². The van der Waals surface area contributed by atoms with Gasteiger partial charge in [-0.3, -0.25) is 9.59 Å². The lowest BCUT2D eigenvalue weighted by Gasteiger charge is -2.13. The Morgan fingerprint density at radius 3 is 2.40 bits per heavy atom. The van der Waals surface area contributed by atoms with Crippen LogP contribution in [0.5, 0.6) is 17.2 Å². The molecule has 10 nitrogen and oxygen atoms in total. The Hall–Kier alpha value is -4.31. The van der Waals surface area contributed by atoms with Crippen molar-refractivity contribution < 1.29 is 23.5 Å². The van der Waals surface area contributed by atoms with Crippen molar-refractivity contribution in [3.8, 4) is 40.1 Å². The van der Waals surface area contributed by atoms with E-state index in [0.29, 0.717) is 39.3 Å². The second-order valence-corrected chi connectivity index (χ2v) is 7.68. The van der Waals surface area contributed by atoms with Crippen molar-refractivity contribution in [2.45, 2.75) is 6.54 Å². The monoisotopic (exact) mass is 496 g/mol. The van der Waals surface area contributed by atoms with Crippen molar-refractivity contribution in [1.29, 1.82) is 0 Å². The van der Waals surface area contributed by atoms with Crippen molar-refractivity contribution in [1.82, 2.24) is 14.7 Å². The van der Waals surface area contributed by atoms with E-state index in [2.05, 4.69) is 15.5 Å². The summed E-state index contributed by atoms with van der Waals surface area (Å²) in [7, 11) is 4.51. The Kier molecular flexibility index (Phi) is 7.02. The number of pyridine rings is 1. The molecular formula is C24H21ClN4O6. The van der Waals surface area contributed by atoms with Gasteiger partial charge in [0.25, 0.3) is 11.4 Å². The van der Waals surface area contributed by atoms with E-state index in [0.717, 1.165) is 5.56 Å². The Balaban J connectivity index is 1.53. The van der Waals surface area contributed by atoms with E-state index < -0.39 is 5.91 Å². The number of ether oxygens (including phenoxy) is 3. The van der Waals surface area contributed by atoms with Crippen LogP contribution in [0.1, 0.15) is 0 Å². The van der Waals surface area contributed by atoms with Crippen molar-refractivity contribution in [2.75, 3.05) is 26.6 Å². The predicted molar refractivity (Wildman–Crippen MR) is 129 cm³/mol. The molecule has 35 heavy (non-hydrogen) atoms. The lowest BCUT2D eigenvalue weighted by atomic mass is 10.2. The zero-order valence-electron chi connectivity index (χ0n) is 19.1. The maximum atomic E-state index is 12.7. The van der Waals surface area contributed by atoms with E-state index in [1.54, 1.807) is 43.5 Å². The molecule has 0 atom stereocenters. The average molecular weight is 497 g/mol. The van der Waals surface area contributed by atoms with Crippen LogP contribution in [0.4, 0.5) is 5.69 Å².